The molecule has 2 aromatic carbocycles. The van der Waals surface area contributed by atoms with E-state index in [0.29, 0.717) is 18.9 Å². The number of nitrogens with zero attached hydrogens (tertiary/aromatic N) is 4. The second-order valence-electron chi connectivity index (χ2n) is 10.2. The average molecular weight is 533 g/mol. The molecule has 2 aliphatic heterocycles. The zero-order valence-corrected chi connectivity index (χ0v) is 22.6. The summed E-state index contributed by atoms with van der Waals surface area (Å²) in [6, 6.07) is 16.0. The van der Waals surface area contributed by atoms with Crippen molar-refractivity contribution in [1.29, 1.82) is 0 Å². The van der Waals surface area contributed by atoms with Crippen LogP contribution in [-0.4, -0.2) is 54.3 Å². The number of aromatic amines is 1. The fourth-order valence-corrected chi connectivity index (χ4v) is 5.99. The first kappa shape index (κ1) is 25.0. The molecule has 0 saturated carbocycles. The van der Waals surface area contributed by atoms with Gasteiger partial charge in [-0.15, -0.1) is 0 Å². The van der Waals surface area contributed by atoms with Gasteiger partial charge in [-0.05, 0) is 67.1 Å². The summed E-state index contributed by atoms with van der Waals surface area (Å²) in [5.74, 6) is 1.33. The third-order valence-corrected chi connectivity index (χ3v) is 8.43. The summed E-state index contributed by atoms with van der Waals surface area (Å²) in [5.41, 5.74) is 5.30. The molecule has 2 saturated heterocycles. The largest absolute Gasteiger partial charge is 0.378 e. The van der Waals surface area contributed by atoms with Gasteiger partial charge in [-0.2, -0.15) is 0 Å². The Bertz CT molecular complexity index is 1420. The fourth-order valence-electron chi connectivity index (χ4n) is 5.24. The van der Waals surface area contributed by atoms with Gasteiger partial charge in [0.15, 0.2) is 0 Å². The number of hydrogen-bond donors (Lipinski definition) is 2. The fraction of sp³-hybridized carbons (Fsp3) is 0.379. The average Bonchev–Trinajstić information content (AvgIpc) is 3.59. The highest BCUT2D eigenvalue weighted by Gasteiger charge is 2.20. The molecule has 9 heteroatoms. The lowest BCUT2D eigenvalue weighted by Crippen LogP contribution is -2.36. The number of anilines is 3. The van der Waals surface area contributed by atoms with Crippen molar-refractivity contribution in [2.24, 2.45) is 5.92 Å². The molecule has 2 aliphatic rings. The van der Waals surface area contributed by atoms with Crippen LogP contribution in [0, 0.1) is 11.7 Å². The highest BCUT2D eigenvalue weighted by molar-refractivity contribution is 8.00. The van der Waals surface area contributed by atoms with Crippen molar-refractivity contribution in [2.45, 2.75) is 25.5 Å². The van der Waals surface area contributed by atoms with Crippen LogP contribution in [0.1, 0.15) is 31.1 Å². The molecule has 4 heterocycles. The van der Waals surface area contributed by atoms with Crippen LogP contribution in [0.25, 0.3) is 22.3 Å². The zero-order valence-electron chi connectivity index (χ0n) is 21.8. The van der Waals surface area contributed by atoms with E-state index >= 15 is 4.39 Å². The van der Waals surface area contributed by atoms with Gasteiger partial charge in [0.1, 0.15) is 23.6 Å². The van der Waals surface area contributed by atoms with Gasteiger partial charge in [-0.1, -0.05) is 25.1 Å². The topological polar surface area (TPSA) is 69.3 Å². The number of fused-ring (bicyclic) bond motifs is 1. The Hall–Kier alpha value is -3.30. The number of nitrogens with one attached hydrogen (secondary N) is 2. The number of morpholine rings is 1. The first-order valence-corrected chi connectivity index (χ1v) is 14.2. The Morgan fingerprint density at radius 1 is 1.08 bits per heavy atom. The van der Waals surface area contributed by atoms with Crippen molar-refractivity contribution in [2.75, 3.05) is 53.9 Å². The predicted molar refractivity (Wildman–Crippen MR) is 154 cm³/mol. The minimum atomic E-state index is -0.292. The van der Waals surface area contributed by atoms with Crippen LogP contribution >= 0.6 is 11.9 Å². The smallest absolute Gasteiger partial charge is 0.147 e. The number of H-pyrrole nitrogens is 1. The standard InChI is InChI=1S/C29H33FN6OS/c1-19-8-9-36(17-19)23-5-3-4-21(14-23)20(2)38-34-26-7-6-22(15-25(26)30)27-16-24-28(33-27)31-18-32-29(24)35-10-12-37-13-11-35/h3-7,14-16,18-20,34H,8-13,17H2,1-2H3,(H,31,32,33)/t19-,20?/m1/s1. The lowest BCUT2D eigenvalue weighted by atomic mass is 10.1. The number of benzene rings is 2. The minimum absolute atomic E-state index is 0.167. The van der Waals surface area contributed by atoms with E-state index in [1.165, 1.54) is 29.6 Å². The van der Waals surface area contributed by atoms with E-state index in [0.717, 1.165) is 60.2 Å². The van der Waals surface area contributed by atoms with Crippen LogP contribution in [0.15, 0.2) is 54.9 Å². The van der Waals surface area contributed by atoms with Crippen molar-refractivity contribution >= 4 is 40.2 Å². The highest BCUT2D eigenvalue weighted by atomic mass is 32.2. The molecule has 0 amide bonds. The van der Waals surface area contributed by atoms with Crippen molar-refractivity contribution < 1.29 is 9.13 Å². The summed E-state index contributed by atoms with van der Waals surface area (Å²) in [6.07, 6.45) is 2.81. The van der Waals surface area contributed by atoms with Gasteiger partial charge in [0.05, 0.1) is 24.3 Å². The van der Waals surface area contributed by atoms with Crippen molar-refractivity contribution in [1.82, 2.24) is 15.0 Å². The van der Waals surface area contributed by atoms with Gasteiger partial charge in [0.2, 0.25) is 0 Å². The molecule has 2 atom stereocenters. The third-order valence-electron chi connectivity index (χ3n) is 7.47. The maximum absolute atomic E-state index is 15.2. The van der Waals surface area contributed by atoms with E-state index in [1.807, 2.05) is 12.1 Å². The minimum Gasteiger partial charge on any atom is -0.378 e. The molecule has 198 valence electrons. The second kappa shape index (κ2) is 10.8. The highest BCUT2D eigenvalue weighted by Crippen LogP contribution is 2.35. The molecule has 6 rings (SSSR count). The molecule has 0 aliphatic carbocycles. The summed E-state index contributed by atoms with van der Waals surface area (Å²) in [5, 5.41) is 1.10. The molecular formula is C29H33FN6OS. The van der Waals surface area contributed by atoms with E-state index in [9.17, 15) is 0 Å². The van der Waals surface area contributed by atoms with Crippen LogP contribution in [0.5, 0.6) is 0 Å². The number of rotatable bonds is 7. The first-order valence-electron chi connectivity index (χ1n) is 13.3. The Labute approximate surface area is 226 Å². The Morgan fingerprint density at radius 3 is 2.74 bits per heavy atom. The maximum atomic E-state index is 15.2. The normalized spacial score (nSPS) is 18.8. The molecule has 2 N–H and O–H groups in total. The zero-order chi connectivity index (χ0) is 26.1. The summed E-state index contributed by atoms with van der Waals surface area (Å²) >= 11 is 1.52. The number of ether oxygens (including phenoxy) is 1. The molecule has 0 spiro atoms. The lowest BCUT2D eigenvalue weighted by molar-refractivity contribution is 0.122. The Morgan fingerprint density at radius 2 is 1.95 bits per heavy atom. The Kier molecular flexibility index (Phi) is 7.12. The van der Waals surface area contributed by atoms with Gasteiger partial charge in [-0.25, -0.2) is 14.4 Å². The van der Waals surface area contributed by atoms with Gasteiger partial charge < -0.3 is 24.2 Å². The second-order valence-corrected chi connectivity index (χ2v) is 11.4. The van der Waals surface area contributed by atoms with Gasteiger partial charge >= 0.3 is 0 Å². The molecular weight excluding hydrogens is 499 g/mol. The molecule has 2 fully saturated rings. The molecule has 38 heavy (non-hydrogen) atoms. The van der Waals surface area contributed by atoms with E-state index in [4.69, 9.17) is 4.74 Å². The van der Waals surface area contributed by atoms with E-state index in [1.54, 1.807) is 18.5 Å². The molecule has 4 aromatic rings. The SMILES string of the molecule is CC(SNc1ccc(-c2cc3c(N4CCOCC4)ncnc3[nH]2)cc1F)c1cccc(N2CC[C@@H](C)C2)c1. The van der Waals surface area contributed by atoms with E-state index < -0.39 is 0 Å². The predicted octanol–water partition coefficient (Wildman–Crippen LogP) is 6.27. The quantitative estimate of drug-likeness (QED) is 0.272. The van der Waals surface area contributed by atoms with Gasteiger partial charge in [0.25, 0.3) is 0 Å². The van der Waals surface area contributed by atoms with Crippen LogP contribution in [-0.2, 0) is 4.74 Å². The van der Waals surface area contributed by atoms with Crippen molar-refractivity contribution in [3.05, 3.63) is 66.2 Å². The van der Waals surface area contributed by atoms with Gasteiger partial charge in [0, 0.05) is 48.4 Å². The molecule has 0 radical (unpaired) electrons. The van der Waals surface area contributed by atoms with Crippen molar-refractivity contribution in [3.63, 3.8) is 0 Å². The third kappa shape index (κ3) is 5.17. The summed E-state index contributed by atoms with van der Waals surface area (Å²) in [6.45, 7) is 9.62. The monoisotopic (exact) mass is 532 g/mol. The maximum Gasteiger partial charge on any atom is 0.147 e. The molecule has 2 aromatic heterocycles. The van der Waals surface area contributed by atoms with Crippen LogP contribution < -0.4 is 14.5 Å². The first-order chi connectivity index (χ1) is 18.5. The van der Waals surface area contributed by atoms with Crippen LogP contribution in [0.4, 0.5) is 21.6 Å². The number of halogens is 1. The number of aromatic nitrogens is 3. The molecule has 1 unspecified atom stereocenters. The molecule has 0 bridgehead atoms. The Balaban J connectivity index is 1.15. The van der Waals surface area contributed by atoms with Gasteiger partial charge in [-0.3, -0.25) is 0 Å². The summed E-state index contributed by atoms with van der Waals surface area (Å²) in [7, 11) is 0. The van der Waals surface area contributed by atoms with E-state index in [2.05, 4.69) is 67.6 Å². The lowest BCUT2D eigenvalue weighted by Gasteiger charge is -2.27. The summed E-state index contributed by atoms with van der Waals surface area (Å²) < 4.78 is 23.9. The van der Waals surface area contributed by atoms with Crippen LogP contribution in [0.3, 0.4) is 0 Å². The van der Waals surface area contributed by atoms with Crippen LogP contribution in [0.2, 0.25) is 0 Å². The van der Waals surface area contributed by atoms with Crippen molar-refractivity contribution in [3.8, 4) is 11.3 Å². The molecule has 7 nitrogen and oxygen atoms in total. The summed E-state index contributed by atoms with van der Waals surface area (Å²) in [4.78, 5) is 16.9. The van der Waals surface area contributed by atoms with E-state index in [-0.39, 0.29) is 11.1 Å². The number of hydrogen-bond acceptors (Lipinski definition) is 7.